The van der Waals surface area contributed by atoms with Crippen molar-refractivity contribution in [3.05, 3.63) is 0 Å². The highest BCUT2D eigenvalue weighted by molar-refractivity contribution is 5.69. The van der Waals surface area contributed by atoms with Crippen molar-refractivity contribution in [2.45, 2.75) is 314 Å². The van der Waals surface area contributed by atoms with Crippen molar-refractivity contribution in [2.24, 2.45) is 47.3 Å². The van der Waals surface area contributed by atoms with E-state index in [0.29, 0.717) is 36.9 Å². The summed E-state index contributed by atoms with van der Waals surface area (Å²) >= 11 is 0. The molecule has 2 saturated heterocycles. The summed E-state index contributed by atoms with van der Waals surface area (Å²) in [6.45, 7) is 21.8. The molecule has 2 fully saturated rings. The van der Waals surface area contributed by atoms with E-state index in [1.807, 2.05) is 0 Å². The Kier molecular flexibility index (Phi) is 37.8. The Morgan fingerprint density at radius 3 is 1.09 bits per heavy atom. The fourth-order valence-corrected chi connectivity index (χ4v) is 11.6. The SMILES string of the molecule is [2H]CC(=O)OC[C@H]1OC(OC[C@H]2O[C@@H](OC[C@@H](COCC[C@H](C)CCC[C@H](C)CCC[C@H](C)CCCC(C)C)OCC[C@H](C)CCC[C@H](C)CCC[C@H](C)CCCC(C)C)[C@H](OC(C)=O)[C@@H](OC(C)=O)[C@@H]2OC(C)=O)[C@H](OC(=O)C[2H])[C@@H](OC(=O)C[2H])[C@@H]1OC(=O)C[2H]. The second kappa shape index (κ2) is 45.4. The van der Waals surface area contributed by atoms with E-state index in [9.17, 15) is 33.6 Å². The van der Waals surface area contributed by atoms with Gasteiger partial charge in [0.2, 0.25) is 0 Å². The lowest BCUT2D eigenvalue weighted by Gasteiger charge is -2.46. The van der Waals surface area contributed by atoms with E-state index in [1.165, 1.54) is 83.5 Å². The van der Waals surface area contributed by atoms with Gasteiger partial charge in [-0.3, -0.25) is 33.6 Å². The topological polar surface area (TPSA) is 239 Å². The largest absolute Gasteiger partial charge is 0.463 e. The molecule has 518 valence electrons. The van der Waals surface area contributed by atoms with Crippen LogP contribution in [0.3, 0.4) is 0 Å². The van der Waals surface area contributed by atoms with Crippen molar-refractivity contribution in [1.82, 2.24) is 0 Å². The molecule has 0 aromatic rings. The predicted molar refractivity (Wildman–Crippen MR) is 337 cm³/mol. The molecular formula is C69H122O20. The summed E-state index contributed by atoms with van der Waals surface area (Å²) in [5, 5.41) is 0. The van der Waals surface area contributed by atoms with Gasteiger partial charge in [0.05, 0.1) is 19.8 Å². The van der Waals surface area contributed by atoms with Crippen molar-refractivity contribution < 1.29 is 101 Å². The van der Waals surface area contributed by atoms with Crippen LogP contribution < -0.4 is 0 Å². The lowest BCUT2D eigenvalue weighted by atomic mass is 9.91. The Bertz CT molecular complexity index is 2090. The van der Waals surface area contributed by atoms with E-state index in [2.05, 4.69) is 69.2 Å². The molecule has 0 spiro atoms. The van der Waals surface area contributed by atoms with Gasteiger partial charge in [-0.2, -0.15) is 0 Å². The van der Waals surface area contributed by atoms with E-state index in [4.69, 9.17) is 67.1 Å². The van der Waals surface area contributed by atoms with Gasteiger partial charge in [0.25, 0.3) is 0 Å². The lowest BCUT2D eigenvalue weighted by Crippen LogP contribution is -2.65. The van der Waals surface area contributed by atoms with Gasteiger partial charge >= 0.3 is 41.8 Å². The van der Waals surface area contributed by atoms with Gasteiger partial charge in [0.15, 0.2) is 49.2 Å². The molecule has 2 heterocycles. The first-order valence-electron chi connectivity index (χ1n) is 36.2. The second-order valence-electron chi connectivity index (χ2n) is 26.7. The van der Waals surface area contributed by atoms with Crippen molar-refractivity contribution in [3.63, 3.8) is 0 Å². The Balaban J connectivity index is 2.44. The quantitative estimate of drug-likeness (QED) is 0.0312. The zero-order valence-electron chi connectivity index (χ0n) is 60.8. The summed E-state index contributed by atoms with van der Waals surface area (Å²) in [6.07, 6.45) is 5.82. The Morgan fingerprint density at radius 1 is 0.360 bits per heavy atom. The summed E-state index contributed by atoms with van der Waals surface area (Å²) in [7, 11) is 0. The van der Waals surface area contributed by atoms with Gasteiger partial charge in [0, 0.05) is 67.1 Å². The third-order valence-corrected chi connectivity index (χ3v) is 16.7. The zero-order chi connectivity index (χ0) is 69.4. The molecule has 0 aliphatic carbocycles. The minimum absolute atomic E-state index is 0.114. The number of hydrogen-bond donors (Lipinski definition) is 0. The van der Waals surface area contributed by atoms with E-state index in [1.54, 1.807) is 0 Å². The van der Waals surface area contributed by atoms with E-state index >= 15 is 0 Å². The first-order valence-corrected chi connectivity index (χ1v) is 33.4. The number of hydrogen-bond acceptors (Lipinski definition) is 20. The van der Waals surface area contributed by atoms with Gasteiger partial charge in [0.1, 0.15) is 24.9 Å². The van der Waals surface area contributed by atoms with Crippen LogP contribution in [0.1, 0.15) is 252 Å². The highest BCUT2D eigenvalue weighted by Crippen LogP contribution is 2.34. The molecule has 20 heteroatoms. The Morgan fingerprint density at radius 2 is 0.685 bits per heavy atom. The molecule has 89 heavy (non-hydrogen) atoms. The monoisotopic (exact) mass is 1270 g/mol. The molecule has 0 N–H and O–H groups in total. The standard InChI is InChI=1S/C69H122O20/c1-44(2)24-18-26-46(5)28-20-30-48(7)32-22-34-50(9)36-38-77-40-59(78-39-37-51(10)35-23-33-49(8)31-21-29-47(6)27-19-25-45(3)4)41-80-68-66(86-57(16)75)65(85-56(15)74)63(83-54(13)72)61(89-68)43-81-69-67(87-58(17)76)64(84-55(14)73)62(82-53(12)71)60(88-69)42-79-52(11)70/h44-51,59-69H,18-43H2,1-17H3/t46-,47-,48-,49-,50-,51-,59-,60-,61-,62-,63-,64+,65+,66-,67-,68-,69?/m1/s1/i11D,12D,14D,17D. The smallest absolute Gasteiger partial charge is 0.303 e. The van der Waals surface area contributed by atoms with Crippen LogP contribution in [0.4, 0.5) is 0 Å². The molecule has 1 unspecified atom stereocenters. The molecule has 2 aliphatic rings. The van der Waals surface area contributed by atoms with Crippen molar-refractivity contribution in [1.29, 1.82) is 0 Å². The average molecular weight is 1280 g/mol. The maximum Gasteiger partial charge on any atom is 0.303 e. The average Bonchev–Trinajstić information content (AvgIpc) is 0.799. The maximum absolute atomic E-state index is 13.0. The minimum atomic E-state index is -1.91. The fourth-order valence-electron chi connectivity index (χ4n) is 11.6. The summed E-state index contributed by atoms with van der Waals surface area (Å²) in [4.78, 5) is 89.5. The molecular weight excluding hydrogens is 1150 g/mol. The summed E-state index contributed by atoms with van der Waals surface area (Å²) in [6, 6.07) is 0. The van der Waals surface area contributed by atoms with Gasteiger partial charge in [-0.1, -0.05) is 185 Å². The summed E-state index contributed by atoms with van der Waals surface area (Å²) in [5.41, 5.74) is 0. The highest BCUT2D eigenvalue weighted by Gasteiger charge is 2.56. The molecule has 20 nitrogen and oxygen atoms in total. The van der Waals surface area contributed by atoms with E-state index < -0.39 is 150 Å². The third kappa shape index (κ3) is 36.8. The first kappa shape index (κ1) is 74.1. The zero-order valence-corrected chi connectivity index (χ0v) is 56.8. The minimum Gasteiger partial charge on any atom is -0.463 e. The Labute approximate surface area is 541 Å². The molecule has 2 rings (SSSR count). The molecule has 2 aliphatic heterocycles. The molecule has 0 amide bonds. The normalized spacial score (nSPS) is 24.9. The third-order valence-electron chi connectivity index (χ3n) is 16.7. The number of esters is 7. The Hall–Kier alpha value is -3.95. The molecule has 0 aromatic carbocycles. The fraction of sp³-hybridized carbons (Fsp3) is 0.899. The van der Waals surface area contributed by atoms with Gasteiger partial charge in [-0.05, 0) is 60.2 Å². The number of rotatable bonds is 47. The van der Waals surface area contributed by atoms with Crippen LogP contribution in [0.15, 0.2) is 0 Å². The van der Waals surface area contributed by atoms with Crippen molar-refractivity contribution in [3.8, 4) is 0 Å². The predicted octanol–water partition coefficient (Wildman–Crippen LogP) is 13.0. The molecule has 17 atom stereocenters. The van der Waals surface area contributed by atoms with Crippen LogP contribution in [-0.2, 0) is 95.1 Å². The van der Waals surface area contributed by atoms with Gasteiger partial charge < -0.3 is 61.6 Å². The van der Waals surface area contributed by atoms with Crippen LogP contribution >= 0.6 is 0 Å². The van der Waals surface area contributed by atoms with Crippen LogP contribution in [0.25, 0.3) is 0 Å². The number of ether oxygens (including phenoxy) is 13. The maximum atomic E-state index is 13.0. The van der Waals surface area contributed by atoms with Crippen molar-refractivity contribution in [2.75, 3.05) is 39.6 Å². The van der Waals surface area contributed by atoms with Gasteiger partial charge in [-0.25, -0.2) is 0 Å². The summed E-state index contributed by atoms with van der Waals surface area (Å²) in [5.74, 6) is -2.16. The summed E-state index contributed by atoms with van der Waals surface area (Å²) < 4.78 is 108. The van der Waals surface area contributed by atoms with Gasteiger partial charge in [-0.15, -0.1) is 0 Å². The molecule has 0 aromatic heterocycles. The molecule has 0 radical (unpaired) electrons. The highest BCUT2D eigenvalue weighted by atomic mass is 16.8. The molecule has 0 bridgehead atoms. The van der Waals surface area contributed by atoms with Crippen LogP contribution in [0.5, 0.6) is 0 Å². The van der Waals surface area contributed by atoms with Crippen LogP contribution in [-0.4, -0.2) is 149 Å². The van der Waals surface area contributed by atoms with Crippen molar-refractivity contribution >= 4 is 41.8 Å². The van der Waals surface area contributed by atoms with E-state index in [0.717, 1.165) is 89.4 Å². The van der Waals surface area contributed by atoms with Crippen LogP contribution in [0, 0.1) is 47.3 Å². The van der Waals surface area contributed by atoms with Crippen LogP contribution in [0.2, 0.25) is 0 Å². The first-order chi connectivity index (χ1) is 44.2. The molecule has 0 saturated carbocycles. The van der Waals surface area contributed by atoms with E-state index in [-0.39, 0.29) is 13.2 Å². The number of carbonyl (C=O) groups is 7. The lowest BCUT2D eigenvalue weighted by molar-refractivity contribution is -0.336. The second-order valence-corrected chi connectivity index (χ2v) is 26.7. The number of carbonyl (C=O) groups excluding carboxylic acids is 7.